The van der Waals surface area contributed by atoms with Gasteiger partial charge in [0.1, 0.15) is 11.3 Å². The van der Waals surface area contributed by atoms with E-state index in [1.807, 2.05) is 0 Å². The van der Waals surface area contributed by atoms with Gasteiger partial charge in [-0.25, -0.2) is 4.98 Å². The fraction of sp³-hybridized carbons (Fsp3) is 0.667. The molecule has 0 aliphatic carbocycles. The van der Waals surface area contributed by atoms with Gasteiger partial charge in [-0.05, 0) is 11.5 Å². The number of hydrogen-bond acceptors (Lipinski definition) is 3. The molecule has 0 atom stereocenters. The molecule has 0 bridgehead atoms. The molecular formula is C6H10N2S. The third kappa shape index (κ3) is 1.48. The van der Waals surface area contributed by atoms with Gasteiger partial charge >= 0.3 is 0 Å². The molecule has 50 valence electrons. The summed E-state index contributed by atoms with van der Waals surface area (Å²) in [6, 6.07) is 0. The molecule has 1 aromatic heterocycles. The van der Waals surface area contributed by atoms with Crippen molar-refractivity contribution < 1.29 is 0 Å². The van der Waals surface area contributed by atoms with E-state index in [-0.39, 0.29) is 5.41 Å². The highest BCUT2D eigenvalue weighted by Gasteiger charge is 2.16. The second kappa shape index (κ2) is 2.06. The normalized spacial score (nSPS) is 11.9. The van der Waals surface area contributed by atoms with Crippen molar-refractivity contribution in [3.63, 3.8) is 0 Å². The Kier molecular flexibility index (Phi) is 1.53. The highest BCUT2D eigenvalue weighted by atomic mass is 32.1. The van der Waals surface area contributed by atoms with Gasteiger partial charge in [-0.1, -0.05) is 20.8 Å². The van der Waals surface area contributed by atoms with Gasteiger partial charge in [-0.2, -0.15) is 4.37 Å². The third-order valence-electron chi connectivity index (χ3n) is 1.00. The predicted molar refractivity (Wildman–Crippen MR) is 38.6 cm³/mol. The van der Waals surface area contributed by atoms with E-state index in [0.717, 1.165) is 5.01 Å². The van der Waals surface area contributed by atoms with Gasteiger partial charge in [0.2, 0.25) is 0 Å². The standard InChI is InChI=1S/C6H10N2S/c1-6(2,3)5-7-4-8-9-5/h4H,1-3H3. The van der Waals surface area contributed by atoms with Gasteiger partial charge in [-0.3, -0.25) is 0 Å². The largest absolute Gasteiger partial charge is 0.227 e. The van der Waals surface area contributed by atoms with E-state index in [9.17, 15) is 0 Å². The summed E-state index contributed by atoms with van der Waals surface area (Å²) in [6.07, 6.45) is 1.60. The van der Waals surface area contributed by atoms with Gasteiger partial charge in [-0.15, -0.1) is 0 Å². The summed E-state index contributed by atoms with van der Waals surface area (Å²) < 4.78 is 3.92. The first-order valence-corrected chi connectivity index (χ1v) is 3.65. The monoisotopic (exact) mass is 142 g/mol. The van der Waals surface area contributed by atoms with Crippen molar-refractivity contribution in [3.05, 3.63) is 11.3 Å². The highest BCUT2D eigenvalue weighted by molar-refractivity contribution is 7.05. The van der Waals surface area contributed by atoms with Gasteiger partial charge in [0, 0.05) is 5.41 Å². The maximum Gasteiger partial charge on any atom is 0.129 e. The van der Waals surface area contributed by atoms with Gasteiger partial charge in [0.05, 0.1) is 0 Å². The zero-order chi connectivity index (χ0) is 6.91. The van der Waals surface area contributed by atoms with Crippen molar-refractivity contribution in [2.45, 2.75) is 26.2 Å². The van der Waals surface area contributed by atoms with Crippen molar-refractivity contribution >= 4 is 11.5 Å². The lowest BCUT2D eigenvalue weighted by atomic mass is 9.98. The highest BCUT2D eigenvalue weighted by Crippen LogP contribution is 2.21. The minimum Gasteiger partial charge on any atom is -0.227 e. The van der Waals surface area contributed by atoms with E-state index in [1.54, 1.807) is 6.33 Å². The van der Waals surface area contributed by atoms with Crippen LogP contribution >= 0.6 is 11.5 Å². The van der Waals surface area contributed by atoms with Crippen LogP contribution in [0.4, 0.5) is 0 Å². The van der Waals surface area contributed by atoms with E-state index in [4.69, 9.17) is 0 Å². The molecule has 0 aliphatic heterocycles. The van der Waals surface area contributed by atoms with Crippen molar-refractivity contribution in [3.8, 4) is 0 Å². The molecule has 1 heterocycles. The fourth-order valence-corrected chi connectivity index (χ4v) is 1.07. The Morgan fingerprint density at radius 2 is 2.11 bits per heavy atom. The Balaban J connectivity index is 2.90. The van der Waals surface area contributed by atoms with Gasteiger partial charge in [0.15, 0.2) is 0 Å². The van der Waals surface area contributed by atoms with Crippen LogP contribution in [-0.4, -0.2) is 9.36 Å². The molecule has 1 aromatic rings. The molecule has 2 nitrogen and oxygen atoms in total. The van der Waals surface area contributed by atoms with E-state index >= 15 is 0 Å². The summed E-state index contributed by atoms with van der Waals surface area (Å²) in [4.78, 5) is 4.09. The van der Waals surface area contributed by atoms with Crippen LogP contribution in [0.3, 0.4) is 0 Å². The summed E-state index contributed by atoms with van der Waals surface area (Å²) in [5, 5.41) is 1.10. The SMILES string of the molecule is CC(C)(C)c1ncns1. The second-order valence-corrected chi connectivity index (χ2v) is 3.78. The van der Waals surface area contributed by atoms with E-state index in [1.165, 1.54) is 11.5 Å². The van der Waals surface area contributed by atoms with E-state index < -0.39 is 0 Å². The summed E-state index contributed by atoms with van der Waals surface area (Å²) in [7, 11) is 0. The molecule has 0 aliphatic rings. The molecule has 0 radical (unpaired) electrons. The average molecular weight is 142 g/mol. The Morgan fingerprint density at radius 1 is 1.44 bits per heavy atom. The minimum absolute atomic E-state index is 0.168. The Morgan fingerprint density at radius 3 is 2.33 bits per heavy atom. The van der Waals surface area contributed by atoms with Crippen LogP contribution in [0.2, 0.25) is 0 Å². The molecule has 0 saturated heterocycles. The lowest BCUT2D eigenvalue weighted by Crippen LogP contribution is -2.09. The van der Waals surface area contributed by atoms with Crippen molar-refractivity contribution in [2.24, 2.45) is 0 Å². The first kappa shape index (κ1) is 6.68. The zero-order valence-corrected chi connectivity index (χ0v) is 6.70. The Hall–Kier alpha value is -0.440. The predicted octanol–water partition coefficient (Wildman–Crippen LogP) is 1.84. The summed E-state index contributed by atoms with van der Waals surface area (Å²) in [5.74, 6) is 0. The number of nitrogens with zero attached hydrogens (tertiary/aromatic N) is 2. The van der Waals surface area contributed by atoms with Crippen LogP contribution < -0.4 is 0 Å². The smallest absolute Gasteiger partial charge is 0.129 e. The molecule has 3 heteroatoms. The Labute approximate surface area is 59.1 Å². The first-order chi connectivity index (χ1) is 4.11. The van der Waals surface area contributed by atoms with E-state index in [2.05, 4.69) is 30.1 Å². The molecule has 1 rings (SSSR count). The van der Waals surface area contributed by atoms with Gasteiger partial charge in [0.25, 0.3) is 0 Å². The summed E-state index contributed by atoms with van der Waals surface area (Å²) in [6.45, 7) is 6.40. The van der Waals surface area contributed by atoms with Crippen LogP contribution in [0.25, 0.3) is 0 Å². The molecule has 0 unspecified atom stereocenters. The molecule has 0 N–H and O–H groups in total. The molecule has 9 heavy (non-hydrogen) atoms. The quantitative estimate of drug-likeness (QED) is 0.552. The molecule has 0 spiro atoms. The lowest BCUT2D eigenvalue weighted by molar-refractivity contribution is 0.585. The number of rotatable bonds is 0. The zero-order valence-electron chi connectivity index (χ0n) is 5.88. The fourth-order valence-electron chi connectivity index (χ4n) is 0.504. The lowest BCUT2D eigenvalue weighted by Gasteiger charge is -2.11. The number of hydrogen-bond donors (Lipinski definition) is 0. The molecule has 0 saturated carbocycles. The average Bonchev–Trinajstić information content (AvgIpc) is 2.08. The number of aromatic nitrogens is 2. The molecular weight excluding hydrogens is 132 g/mol. The second-order valence-electron chi connectivity index (χ2n) is 3.00. The van der Waals surface area contributed by atoms with Crippen LogP contribution in [0.15, 0.2) is 6.33 Å². The summed E-state index contributed by atoms with van der Waals surface area (Å²) in [5.41, 5.74) is 0.168. The minimum atomic E-state index is 0.168. The van der Waals surface area contributed by atoms with Crippen LogP contribution in [0.1, 0.15) is 25.8 Å². The first-order valence-electron chi connectivity index (χ1n) is 2.88. The van der Waals surface area contributed by atoms with Crippen molar-refractivity contribution in [1.29, 1.82) is 0 Å². The molecule has 0 amide bonds. The third-order valence-corrected chi connectivity index (χ3v) is 2.09. The van der Waals surface area contributed by atoms with Gasteiger partial charge < -0.3 is 0 Å². The van der Waals surface area contributed by atoms with Crippen molar-refractivity contribution in [1.82, 2.24) is 9.36 Å². The molecule has 0 fully saturated rings. The Bertz CT molecular complexity index is 173. The maximum atomic E-state index is 4.09. The van der Waals surface area contributed by atoms with E-state index in [0.29, 0.717) is 0 Å². The topological polar surface area (TPSA) is 25.8 Å². The van der Waals surface area contributed by atoms with Crippen LogP contribution in [0, 0.1) is 0 Å². The maximum absolute atomic E-state index is 4.09. The van der Waals surface area contributed by atoms with Crippen molar-refractivity contribution in [2.75, 3.05) is 0 Å². The molecule has 0 aromatic carbocycles. The van der Waals surface area contributed by atoms with Crippen LogP contribution in [-0.2, 0) is 5.41 Å². The van der Waals surface area contributed by atoms with Crippen LogP contribution in [0.5, 0.6) is 0 Å². The summed E-state index contributed by atoms with van der Waals surface area (Å²) >= 11 is 1.47.